The van der Waals surface area contributed by atoms with Gasteiger partial charge in [0.05, 0.1) is 25.0 Å². The molecule has 0 saturated heterocycles. The Morgan fingerprint density at radius 1 is 1.16 bits per heavy atom. The van der Waals surface area contributed by atoms with Gasteiger partial charge in [-0.05, 0) is 30.5 Å². The lowest BCUT2D eigenvalue weighted by molar-refractivity contribution is 0.0438. The molecule has 0 aliphatic heterocycles. The number of aliphatic hydroxyl groups is 2. The third kappa shape index (κ3) is 4.89. The summed E-state index contributed by atoms with van der Waals surface area (Å²) in [7, 11) is 0. The topological polar surface area (TPSA) is 87.5 Å². The molecular weight excluding hydrogens is 342 g/mol. The lowest BCUT2D eigenvalue weighted by Crippen LogP contribution is -2.38. The van der Waals surface area contributed by atoms with Crippen LogP contribution in [0, 0.1) is 5.41 Å². The second kappa shape index (κ2) is 8.10. The van der Waals surface area contributed by atoms with Gasteiger partial charge in [0, 0.05) is 35.9 Å². The van der Waals surface area contributed by atoms with Crippen LogP contribution in [0.25, 0.3) is 0 Å². The van der Waals surface area contributed by atoms with Crippen LogP contribution in [0.15, 0.2) is 42.9 Å². The Hall–Kier alpha value is -1.73. The molecule has 0 radical (unpaired) electrons. The van der Waals surface area contributed by atoms with Gasteiger partial charge in [-0.2, -0.15) is 0 Å². The van der Waals surface area contributed by atoms with E-state index < -0.39 is 12.2 Å². The van der Waals surface area contributed by atoms with E-state index in [2.05, 4.69) is 15.3 Å². The van der Waals surface area contributed by atoms with Crippen molar-refractivity contribution in [2.24, 2.45) is 5.41 Å². The summed E-state index contributed by atoms with van der Waals surface area (Å²) >= 11 is 5.90. The third-order valence-corrected chi connectivity index (χ3v) is 4.79. The van der Waals surface area contributed by atoms with E-state index in [0.29, 0.717) is 43.4 Å². The van der Waals surface area contributed by atoms with Gasteiger partial charge in [-0.3, -0.25) is 4.98 Å². The van der Waals surface area contributed by atoms with E-state index in [0.717, 1.165) is 5.56 Å². The number of nitrogens with zero attached hydrogens (tertiary/aromatic N) is 2. The maximum Gasteiger partial charge on any atom is 0.232 e. The van der Waals surface area contributed by atoms with Gasteiger partial charge in [0.25, 0.3) is 0 Å². The van der Waals surface area contributed by atoms with Crippen LogP contribution in [0.5, 0.6) is 5.88 Å². The normalized spacial score (nSPS) is 25.9. The predicted molar refractivity (Wildman–Crippen MR) is 94.4 cm³/mol. The van der Waals surface area contributed by atoms with Crippen LogP contribution in [-0.4, -0.2) is 45.5 Å². The van der Waals surface area contributed by atoms with Crippen LogP contribution in [0.2, 0.25) is 5.02 Å². The van der Waals surface area contributed by atoms with Gasteiger partial charge in [0.1, 0.15) is 0 Å². The Bertz CT molecular complexity index is 659. The van der Waals surface area contributed by atoms with Crippen molar-refractivity contribution in [2.75, 3.05) is 13.2 Å². The van der Waals surface area contributed by atoms with E-state index >= 15 is 0 Å². The van der Waals surface area contributed by atoms with Crippen molar-refractivity contribution in [1.29, 1.82) is 0 Å². The van der Waals surface area contributed by atoms with Gasteiger partial charge in [0.2, 0.25) is 5.88 Å². The molecule has 1 saturated carbocycles. The lowest BCUT2D eigenvalue weighted by Gasteiger charge is -2.29. The first-order chi connectivity index (χ1) is 12.1. The molecule has 1 aliphatic rings. The minimum atomic E-state index is -0.734. The molecule has 2 aromatic rings. The van der Waals surface area contributed by atoms with Crippen molar-refractivity contribution in [3.63, 3.8) is 0 Å². The van der Waals surface area contributed by atoms with E-state index in [1.54, 1.807) is 18.6 Å². The highest BCUT2D eigenvalue weighted by atomic mass is 35.5. The summed E-state index contributed by atoms with van der Waals surface area (Å²) < 4.78 is 5.76. The van der Waals surface area contributed by atoms with Gasteiger partial charge in [-0.15, -0.1) is 0 Å². The Morgan fingerprint density at radius 2 is 1.88 bits per heavy atom. The SMILES string of the molecule is O[C@@H]1CC(CNCc2ccc(Cl)cc2)(COc2cnccn2)C[C@@H]1O. The van der Waals surface area contributed by atoms with Gasteiger partial charge in [-0.1, -0.05) is 23.7 Å². The second-order valence-corrected chi connectivity index (χ2v) is 7.04. The monoisotopic (exact) mass is 363 g/mol. The zero-order chi connectivity index (χ0) is 17.7. The van der Waals surface area contributed by atoms with E-state index in [1.807, 2.05) is 24.3 Å². The zero-order valence-electron chi connectivity index (χ0n) is 13.8. The minimum absolute atomic E-state index is 0.355. The average Bonchev–Trinajstić information content (AvgIpc) is 2.90. The summed E-state index contributed by atoms with van der Waals surface area (Å²) in [6.45, 7) is 1.65. The standard InChI is InChI=1S/C18H22ClN3O3/c19-14-3-1-13(2-4-14)9-21-11-18(7-15(23)16(24)8-18)12-25-17-10-20-5-6-22-17/h1-6,10,15-16,21,23-24H,7-9,11-12H2/t15-,16+,18?. The zero-order valence-corrected chi connectivity index (χ0v) is 14.6. The fourth-order valence-corrected chi connectivity index (χ4v) is 3.34. The summed E-state index contributed by atoms with van der Waals surface area (Å²) in [5.74, 6) is 0.440. The first-order valence-corrected chi connectivity index (χ1v) is 8.64. The van der Waals surface area contributed by atoms with Crippen LogP contribution in [0.4, 0.5) is 0 Å². The molecule has 3 rings (SSSR count). The number of aromatic nitrogens is 2. The molecule has 0 spiro atoms. The molecule has 0 amide bonds. The van der Waals surface area contributed by atoms with E-state index in [1.165, 1.54) is 0 Å². The quantitative estimate of drug-likeness (QED) is 0.695. The number of aliphatic hydroxyl groups excluding tert-OH is 2. The summed E-state index contributed by atoms with van der Waals surface area (Å²) in [6.07, 6.45) is 4.18. The fraction of sp³-hybridized carbons (Fsp3) is 0.444. The van der Waals surface area contributed by atoms with Crippen molar-refractivity contribution in [3.8, 4) is 5.88 Å². The summed E-state index contributed by atoms with van der Waals surface area (Å²) in [5.41, 5.74) is 0.761. The first-order valence-electron chi connectivity index (χ1n) is 8.26. The maximum absolute atomic E-state index is 10.0. The van der Waals surface area contributed by atoms with Crippen molar-refractivity contribution < 1.29 is 14.9 Å². The highest BCUT2D eigenvalue weighted by Gasteiger charge is 2.44. The minimum Gasteiger partial charge on any atom is -0.476 e. The molecule has 1 unspecified atom stereocenters. The number of hydrogen-bond acceptors (Lipinski definition) is 6. The number of benzene rings is 1. The smallest absolute Gasteiger partial charge is 0.232 e. The Labute approximate surface area is 151 Å². The molecule has 134 valence electrons. The van der Waals surface area contributed by atoms with E-state index in [4.69, 9.17) is 16.3 Å². The summed E-state index contributed by atoms with van der Waals surface area (Å²) in [6, 6.07) is 7.65. The van der Waals surface area contributed by atoms with Crippen LogP contribution < -0.4 is 10.1 Å². The number of rotatable bonds is 7. The fourth-order valence-electron chi connectivity index (χ4n) is 3.22. The molecule has 3 atom stereocenters. The number of hydrogen-bond donors (Lipinski definition) is 3. The largest absolute Gasteiger partial charge is 0.476 e. The second-order valence-electron chi connectivity index (χ2n) is 6.61. The molecule has 1 heterocycles. The molecule has 1 aliphatic carbocycles. The maximum atomic E-state index is 10.0. The Morgan fingerprint density at radius 3 is 2.52 bits per heavy atom. The van der Waals surface area contributed by atoms with Gasteiger partial charge < -0.3 is 20.3 Å². The Balaban J connectivity index is 1.60. The molecule has 7 heteroatoms. The van der Waals surface area contributed by atoms with Crippen molar-refractivity contribution in [1.82, 2.24) is 15.3 Å². The average molecular weight is 364 g/mol. The number of halogens is 1. The molecule has 1 fully saturated rings. The highest BCUT2D eigenvalue weighted by molar-refractivity contribution is 6.30. The summed E-state index contributed by atoms with van der Waals surface area (Å²) in [5, 5.41) is 24.1. The number of nitrogens with one attached hydrogen (secondary N) is 1. The van der Waals surface area contributed by atoms with E-state index in [-0.39, 0.29) is 5.41 Å². The molecule has 1 aromatic carbocycles. The van der Waals surface area contributed by atoms with Crippen molar-refractivity contribution >= 4 is 11.6 Å². The molecule has 6 nitrogen and oxygen atoms in total. The van der Waals surface area contributed by atoms with Crippen LogP contribution >= 0.6 is 11.6 Å². The van der Waals surface area contributed by atoms with Crippen LogP contribution in [-0.2, 0) is 6.54 Å². The first kappa shape index (κ1) is 18.1. The lowest BCUT2D eigenvalue weighted by atomic mass is 9.86. The predicted octanol–water partition coefficient (Wildman–Crippen LogP) is 1.80. The molecule has 1 aromatic heterocycles. The van der Waals surface area contributed by atoms with Crippen molar-refractivity contribution in [2.45, 2.75) is 31.6 Å². The van der Waals surface area contributed by atoms with Crippen LogP contribution in [0.1, 0.15) is 18.4 Å². The van der Waals surface area contributed by atoms with Crippen molar-refractivity contribution in [3.05, 3.63) is 53.4 Å². The number of ether oxygens (including phenoxy) is 1. The molecule has 0 bridgehead atoms. The molecule has 3 N–H and O–H groups in total. The van der Waals surface area contributed by atoms with Crippen LogP contribution in [0.3, 0.4) is 0 Å². The van der Waals surface area contributed by atoms with Gasteiger partial charge >= 0.3 is 0 Å². The molecular formula is C18H22ClN3O3. The van der Waals surface area contributed by atoms with E-state index in [9.17, 15) is 10.2 Å². The molecule has 25 heavy (non-hydrogen) atoms. The van der Waals surface area contributed by atoms with Gasteiger partial charge in [0.15, 0.2) is 0 Å². The Kier molecular flexibility index (Phi) is 5.86. The highest BCUT2D eigenvalue weighted by Crippen LogP contribution is 2.38. The third-order valence-electron chi connectivity index (χ3n) is 4.54. The van der Waals surface area contributed by atoms with Gasteiger partial charge in [-0.25, -0.2) is 4.98 Å². The summed E-state index contributed by atoms with van der Waals surface area (Å²) in [4.78, 5) is 8.08.